The molecule has 3 nitrogen and oxygen atoms in total. The highest BCUT2D eigenvalue weighted by Gasteiger charge is 2.24. The van der Waals surface area contributed by atoms with E-state index >= 15 is 0 Å². The van der Waals surface area contributed by atoms with Gasteiger partial charge in [0.15, 0.2) is 0 Å². The van der Waals surface area contributed by atoms with Gasteiger partial charge in [-0.1, -0.05) is 22.0 Å². The van der Waals surface area contributed by atoms with Crippen LogP contribution in [0.1, 0.15) is 6.42 Å². The maximum Gasteiger partial charge on any atom is 0.312 e. The molecule has 1 aliphatic rings. The Hall–Kier alpha value is -1.62. The molecule has 0 aliphatic heterocycles. The molecule has 0 aromatic heterocycles. The molecule has 1 aromatic carbocycles. The molecule has 0 spiro atoms. The van der Waals surface area contributed by atoms with Crippen LogP contribution in [-0.4, -0.2) is 11.1 Å². The van der Waals surface area contributed by atoms with E-state index in [4.69, 9.17) is 5.11 Å². The molecule has 1 aromatic rings. The fraction of sp³-hybridized carbons (Fsp3) is 0.154. The molecular weight excluding hydrogens is 301 g/mol. The first kappa shape index (κ1) is 12.8. The maximum absolute atomic E-state index is 12.8. The Balaban J connectivity index is 2.21. The van der Waals surface area contributed by atoms with Crippen molar-refractivity contribution in [1.29, 1.82) is 0 Å². The number of carbonyl (C=O) groups is 1. The molecule has 0 radical (unpaired) electrons. The highest BCUT2D eigenvalue weighted by molar-refractivity contribution is 9.11. The van der Waals surface area contributed by atoms with E-state index in [2.05, 4.69) is 21.2 Å². The summed E-state index contributed by atoms with van der Waals surface area (Å²) in [5.74, 6) is -1.81. The van der Waals surface area contributed by atoms with Crippen molar-refractivity contribution in [3.05, 3.63) is 52.4 Å². The Kier molecular flexibility index (Phi) is 3.81. The van der Waals surface area contributed by atoms with Crippen LogP contribution in [0, 0.1) is 11.7 Å². The van der Waals surface area contributed by atoms with Gasteiger partial charge in [-0.05, 0) is 36.8 Å². The number of halogens is 2. The van der Waals surface area contributed by atoms with Crippen LogP contribution < -0.4 is 5.32 Å². The fourth-order valence-corrected chi connectivity index (χ4v) is 2.16. The average Bonchev–Trinajstić information content (AvgIpc) is 2.32. The lowest BCUT2D eigenvalue weighted by Crippen LogP contribution is -2.22. The minimum absolute atomic E-state index is 0.325. The van der Waals surface area contributed by atoms with Gasteiger partial charge in [0.05, 0.1) is 0 Å². The summed E-state index contributed by atoms with van der Waals surface area (Å²) in [5, 5.41) is 12.1. The number of carboxylic acids is 1. The molecule has 94 valence electrons. The fourth-order valence-electron chi connectivity index (χ4n) is 1.72. The molecule has 18 heavy (non-hydrogen) atoms. The molecule has 0 heterocycles. The summed E-state index contributed by atoms with van der Waals surface area (Å²) in [4.78, 5) is 11.1. The first-order valence-corrected chi connectivity index (χ1v) is 6.18. The topological polar surface area (TPSA) is 49.3 Å². The normalized spacial score (nSPS) is 18.9. The second-order valence-electron chi connectivity index (χ2n) is 3.95. The van der Waals surface area contributed by atoms with E-state index in [1.54, 1.807) is 18.2 Å². The van der Waals surface area contributed by atoms with Gasteiger partial charge in [0.25, 0.3) is 0 Å². The molecule has 0 fully saturated rings. The standard InChI is InChI=1S/C13H11BrFNO2/c14-8-1-6-11(13(17)18)12(7-8)16-10-4-2-9(15)3-5-10/h1-5,7,11,16H,6H2,(H,17,18). The van der Waals surface area contributed by atoms with Crippen molar-refractivity contribution in [2.75, 3.05) is 5.32 Å². The number of nitrogens with one attached hydrogen (secondary N) is 1. The largest absolute Gasteiger partial charge is 0.481 e. The predicted octanol–water partition coefficient (Wildman–Crippen LogP) is 3.50. The van der Waals surface area contributed by atoms with Crippen LogP contribution in [0.15, 0.2) is 46.6 Å². The van der Waals surface area contributed by atoms with Crippen molar-refractivity contribution in [1.82, 2.24) is 0 Å². The first-order chi connectivity index (χ1) is 8.56. The highest BCUT2D eigenvalue weighted by atomic mass is 79.9. The van der Waals surface area contributed by atoms with Crippen molar-refractivity contribution in [3.63, 3.8) is 0 Å². The molecule has 0 amide bonds. The zero-order valence-corrected chi connectivity index (χ0v) is 10.9. The summed E-state index contributed by atoms with van der Waals surface area (Å²) in [5.41, 5.74) is 1.25. The summed E-state index contributed by atoms with van der Waals surface area (Å²) in [6.45, 7) is 0. The number of hydrogen-bond donors (Lipinski definition) is 2. The van der Waals surface area contributed by atoms with Crippen molar-refractivity contribution in [3.8, 4) is 0 Å². The van der Waals surface area contributed by atoms with E-state index in [1.165, 1.54) is 12.1 Å². The van der Waals surface area contributed by atoms with Gasteiger partial charge in [-0.25, -0.2) is 4.39 Å². The van der Waals surface area contributed by atoms with Gasteiger partial charge in [-0.2, -0.15) is 0 Å². The summed E-state index contributed by atoms with van der Waals surface area (Å²) >= 11 is 3.32. The number of rotatable bonds is 3. The lowest BCUT2D eigenvalue weighted by molar-refractivity contribution is -0.140. The number of aliphatic carboxylic acids is 1. The van der Waals surface area contributed by atoms with E-state index < -0.39 is 11.9 Å². The third-order valence-corrected chi connectivity index (χ3v) is 3.20. The van der Waals surface area contributed by atoms with Gasteiger partial charge in [0.2, 0.25) is 0 Å². The first-order valence-electron chi connectivity index (χ1n) is 5.39. The van der Waals surface area contributed by atoms with Gasteiger partial charge in [0, 0.05) is 15.9 Å². The van der Waals surface area contributed by atoms with Crippen LogP contribution in [0.4, 0.5) is 10.1 Å². The van der Waals surface area contributed by atoms with Crippen LogP contribution in [0.25, 0.3) is 0 Å². The maximum atomic E-state index is 12.8. The number of hydrogen-bond acceptors (Lipinski definition) is 2. The zero-order valence-electron chi connectivity index (χ0n) is 9.36. The number of benzene rings is 1. The van der Waals surface area contributed by atoms with Crippen molar-refractivity contribution < 1.29 is 14.3 Å². The number of anilines is 1. The van der Waals surface area contributed by atoms with Crippen LogP contribution >= 0.6 is 15.9 Å². The molecule has 1 aliphatic carbocycles. The van der Waals surface area contributed by atoms with Crippen LogP contribution in [0.5, 0.6) is 0 Å². The molecule has 1 unspecified atom stereocenters. The summed E-state index contributed by atoms with van der Waals surface area (Å²) in [6.07, 6.45) is 3.97. The molecule has 0 saturated carbocycles. The lowest BCUT2D eigenvalue weighted by Gasteiger charge is -2.20. The Labute approximate surface area is 112 Å². The Morgan fingerprint density at radius 2 is 2.06 bits per heavy atom. The second-order valence-corrected chi connectivity index (χ2v) is 4.86. The van der Waals surface area contributed by atoms with E-state index in [-0.39, 0.29) is 5.82 Å². The van der Waals surface area contributed by atoms with Crippen molar-refractivity contribution in [2.45, 2.75) is 6.42 Å². The minimum atomic E-state index is -0.882. The highest BCUT2D eigenvalue weighted by Crippen LogP contribution is 2.28. The van der Waals surface area contributed by atoms with Gasteiger partial charge >= 0.3 is 5.97 Å². The van der Waals surface area contributed by atoms with Crippen LogP contribution in [-0.2, 0) is 4.79 Å². The summed E-state index contributed by atoms with van der Waals surface area (Å²) in [6, 6.07) is 5.79. The molecule has 5 heteroatoms. The molecule has 1 atom stereocenters. The van der Waals surface area contributed by atoms with Crippen LogP contribution in [0.2, 0.25) is 0 Å². The quantitative estimate of drug-likeness (QED) is 0.898. The van der Waals surface area contributed by atoms with E-state index in [9.17, 15) is 9.18 Å². The van der Waals surface area contributed by atoms with E-state index in [0.717, 1.165) is 4.48 Å². The Morgan fingerprint density at radius 1 is 1.39 bits per heavy atom. The zero-order chi connectivity index (χ0) is 13.1. The number of allylic oxidation sites excluding steroid dienone is 3. The third kappa shape index (κ3) is 2.98. The van der Waals surface area contributed by atoms with Crippen molar-refractivity contribution >= 4 is 27.6 Å². The Bertz CT molecular complexity index is 522. The van der Waals surface area contributed by atoms with Crippen LogP contribution in [0.3, 0.4) is 0 Å². The lowest BCUT2D eigenvalue weighted by atomic mass is 9.96. The van der Waals surface area contributed by atoms with Gasteiger partial charge in [0.1, 0.15) is 11.7 Å². The second kappa shape index (κ2) is 5.35. The number of carboxylic acid groups (broad SMARTS) is 1. The van der Waals surface area contributed by atoms with Gasteiger partial charge < -0.3 is 10.4 Å². The van der Waals surface area contributed by atoms with Gasteiger partial charge in [-0.3, -0.25) is 4.79 Å². The average molecular weight is 312 g/mol. The van der Waals surface area contributed by atoms with E-state index in [0.29, 0.717) is 17.8 Å². The van der Waals surface area contributed by atoms with Crippen molar-refractivity contribution in [2.24, 2.45) is 5.92 Å². The predicted molar refractivity (Wildman–Crippen MR) is 70.9 cm³/mol. The SMILES string of the molecule is O=C(O)C1CC=C(Br)C=C1Nc1ccc(F)cc1. The van der Waals surface area contributed by atoms with E-state index in [1.807, 2.05) is 6.08 Å². The molecule has 0 bridgehead atoms. The molecule has 0 saturated heterocycles. The molecule has 2 rings (SSSR count). The molecule has 2 N–H and O–H groups in total. The monoisotopic (exact) mass is 311 g/mol. The smallest absolute Gasteiger partial charge is 0.312 e. The summed E-state index contributed by atoms with van der Waals surface area (Å²) < 4.78 is 13.6. The summed E-state index contributed by atoms with van der Waals surface area (Å²) in [7, 11) is 0. The Morgan fingerprint density at radius 3 is 2.67 bits per heavy atom. The third-order valence-electron chi connectivity index (χ3n) is 2.65. The molecular formula is C13H11BrFNO2. The minimum Gasteiger partial charge on any atom is -0.481 e. The van der Waals surface area contributed by atoms with Gasteiger partial charge in [-0.15, -0.1) is 0 Å².